The van der Waals surface area contributed by atoms with E-state index in [-0.39, 0.29) is 11.5 Å². The summed E-state index contributed by atoms with van der Waals surface area (Å²) in [7, 11) is 0. The quantitative estimate of drug-likeness (QED) is 0.390. The summed E-state index contributed by atoms with van der Waals surface area (Å²) in [6.07, 6.45) is 5.96. The predicted molar refractivity (Wildman–Crippen MR) is 121 cm³/mol. The van der Waals surface area contributed by atoms with E-state index in [1.807, 2.05) is 30.3 Å². The number of nitrogens with one attached hydrogen (secondary N) is 3. The molecular weight excluding hydrogens is 360 g/mol. The van der Waals surface area contributed by atoms with E-state index in [9.17, 15) is 4.79 Å². The van der Waals surface area contributed by atoms with Gasteiger partial charge >= 0.3 is 0 Å². The highest BCUT2D eigenvalue weighted by Crippen LogP contribution is 2.21. The van der Waals surface area contributed by atoms with E-state index in [1.54, 1.807) is 24.3 Å². The number of aryl methyl sites for hydroxylation is 1. The topological polar surface area (TPSA) is 77.3 Å². The van der Waals surface area contributed by atoms with Crippen LogP contribution in [0.2, 0.25) is 0 Å². The summed E-state index contributed by atoms with van der Waals surface area (Å²) in [6, 6.07) is 11.8. The third-order valence-electron chi connectivity index (χ3n) is 5.23. The van der Waals surface area contributed by atoms with Crippen LogP contribution in [0.15, 0.2) is 53.8 Å². The van der Waals surface area contributed by atoms with Crippen LogP contribution in [0.4, 0.5) is 0 Å². The maximum absolute atomic E-state index is 12.9. The van der Waals surface area contributed by atoms with Crippen LogP contribution < -0.4 is 5.43 Å². The molecule has 4 aromatic rings. The molecule has 0 aliphatic carbocycles. The monoisotopic (exact) mass is 381 g/mol. The van der Waals surface area contributed by atoms with Gasteiger partial charge in [0.05, 0.1) is 12.6 Å². The van der Waals surface area contributed by atoms with Crippen LogP contribution in [0.5, 0.6) is 0 Å². The first kappa shape index (κ1) is 16.1. The van der Waals surface area contributed by atoms with Crippen molar-refractivity contribution in [2.45, 2.75) is 13.3 Å². The Morgan fingerprint density at radius 3 is 2.38 bits per heavy atom. The van der Waals surface area contributed by atoms with Crippen LogP contribution in [0.25, 0.3) is 51.3 Å². The van der Waals surface area contributed by atoms with Crippen LogP contribution in [0.3, 0.4) is 0 Å². The fourth-order valence-electron chi connectivity index (χ4n) is 3.78. The minimum Gasteiger partial charge on any atom is -0.355 e. The van der Waals surface area contributed by atoms with Gasteiger partial charge in [-0.1, -0.05) is 19.6 Å². The third kappa shape index (κ3) is 2.88. The second-order valence-electron chi connectivity index (χ2n) is 6.98. The molecule has 0 aromatic carbocycles. The lowest BCUT2D eigenvalue weighted by atomic mass is 10.2. The molecule has 0 radical (unpaired) electrons. The zero-order chi connectivity index (χ0) is 20.8. The van der Waals surface area contributed by atoms with Gasteiger partial charge in [-0.05, 0) is 66.6 Å². The summed E-state index contributed by atoms with van der Waals surface area (Å²) in [4.78, 5) is 27.3. The number of hydrogen-bond donors (Lipinski definition) is 3. The first-order valence-electron chi connectivity index (χ1n) is 10.1. The molecule has 4 aromatic heterocycles. The molecule has 5 heteroatoms. The van der Waals surface area contributed by atoms with Crippen LogP contribution >= 0.6 is 0 Å². The Hall–Kier alpha value is -3.86. The molecule has 0 amide bonds. The number of fused-ring (bicyclic) bond motifs is 8. The fraction of sp³-hybridized carbons (Fsp3) is 0.0833. The number of aromatic nitrogens is 4. The van der Waals surface area contributed by atoms with Crippen molar-refractivity contribution < 1.29 is 1.37 Å². The van der Waals surface area contributed by atoms with Crippen molar-refractivity contribution in [3.8, 4) is 0 Å². The molecule has 0 atom stereocenters. The molecule has 5 rings (SSSR count). The van der Waals surface area contributed by atoms with Crippen molar-refractivity contribution in [2.24, 2.45) is 0 Å². The van der Waals surface area contributed by atoms with Crippen LogP contribution in [0.1, 0.15) is 30.8 Å². The standard InChI is InChI=1S/C24H20N4O/c1-3-16-18-7-5-14(25-18)13-15-6-8-22(26-15)24(29)23-12-11-21(28-23)17(4-2)20-10-9-19(16)27-20/h3,5-13,25,27-28H,1,4H2,2H3/i13D. The highest BCUT2D eigenvalue weighted by atomic mass is 16.1. The molecule has 5 nitrogen and oxygen atoms in total. The summed E-state index contributed by atoms with van der Waals surface area (Å²) < 4.78 is 8.52. The van der Waals surface area contributed by atoms with Gasteiger partial charge in [-0.15, -0.1) is 0 Å². The molecule has 0 saturated heterocycles. The van der Waals surface area contributed by atoms with Crippen LogP contribution in [-0.2, 0) is 6.42 Å². The normalized spacial score (nSPS) is 12.4. The number of hydrogen-bond acceptors (Lipinski definition) is 2. The molecule has 29 heavy (non-hydrogen) atoms. The molecule has 0 saturated carbocycles. The first-order valence-corrected chi connectivity index (χ1v) is 9.55. The van der Waals surface area contributed by atoms with E-state index in [0.29, 0.717) is 22.4 Å². The molecule has 1 aliphatic rings. The number of H-pyrrole nitrogens is 3. The minimum atomic E-state index is -0.190. The molecule has 8 bridgehead atoms. The zero-order valence-electron chi connectivity index (χ0n) is 17.0. The van der Waals surface area contributed by atoms with Gasteiger partial charge in [0.1, 0.15) is 5.69 Å². The van der Waals surface area contributed by atoms with Crippen molar-refractivity contribution >= 4 is 51.3 Å². The summed E-state index contributed by atoms with van der Waals surface area (Å²) in [6.45, 7) is 6.06. The third-order valence-corrected chi connectivity index (χ3v) is 5.23. The van der Waals surface area contributed by atoms with E-state index in [4.69, 9.17) is 1.37 Å². The van der Waals surface area contributed by atoms with Gasteiger partial charge in [-0.3, -0.25) is 4.79 Å². The maximum atomic E-state index is 12.9. The average Bonchev–Trinajstić information content (AvgIpc) is 3.54. The Bertz CT molecular complexity index is 1530. The first-order chi connectivity index (χ1) is 14.6. The predicted octanol–water partition coefficient (Wildman–Crippen LogP) is 5.26. The second-order valence-corrected chi connectivity index (χ2v) is 6.98. The Morgan fingerprint density at radius 1 is 0.966 bits per heavy atom. The van der Waals surface area contributed by atoms with Gasteiger partial charge in [0.15, 0.2) is 0 Å². The van der Waals surface area contributed by atoms with Gasteiger partial charge < -0.3 is 15.0 Å². The number of rotatable bonds is 2. The van der Waals surface area contributed by atoms with Gasteiger partial charge in [-0.25, -0.2) is 4.98 Å². The lowest BCUT2D eigenvalue weighted by Gasteiger charge is -1.97. The smallest absolute Gasteiger partial charge is 0.227 e. The van der Waals surface area contributed by atoms with Crippen molar-refractivity contribution in [1.82, 2.24) is 19.9 Å². The Morgan fingerprint density at radius 2 is 1.62 bits per heavy atom. The Labute approximate surface area is 168 Å². The average molecular weight is 381 g/mol. The lowest BCUT2D eigenvalue weighted by molar-refractivity contribution is 1.16. The lowest BCUT2D eigenvalue weighted by Crippen LogP contribution is -2.03. The largest absolute Gasteiger partial charge is 0.355 e. The maximum Gasteiger partial charge on any atom is 0.227 e. The minimum absolute atomic E-state index is 0.190. The highest BCUT2D eigenvalue weighted by molar-refractivity contribution is 5.85. The SMILES string of the molecule is [2H]c1c2nc(c(=O)c3ccc([nH]3)c(CC)c3ccc([nH]3)c(C=C)c3ccc1[nH]3)C=C2. The summed E-state index contributed by atoms with van der Waals surface area (Å²) in [5.74, 6) is 0. The Balaban J connectivity index is 2.02. The Kier molecular flexibility index (Phi) is 3.69. The van der Waals surface area contributed by atoms with E-state index in [1.165, 1.54) is 0 Å². The van der Waals surface area contributed by atoms with Gasteiger partial charge in [-0.2, -0.15) is 0 Å². The van der Waals surface area contributed by atoms with Gasteiger partial charge in [0, 0.05) is 33.1 Å². The summed E-state index contributed by atoms with van der Waals surface area (Å²) >= 11 is 0. The molecular formula is C24H20N4O. The van der Waals surface area contributed by atoms with Crippen molar-refractivity contribution in [1.29, 1.82) is 0 Å². The zero-order valence-corrected chi connectivity index (χ0v) is 16.0. The summed E-state index contributed by atoms with van der Waals surface area (Å²) in [5, 5.41) is 0. The molecule has 142 valence electrons. The molecule has 0 unspecified atom stereocenters. The highest BCUT2D eigenvalue weighted by Gasteiger charge is 2.07. The number of aromatic amines is 3. The molecule has 3 N–H and O–H groups in total. The van der Waals surface area contributed by atoms with E-state index in [0.717, 1.165) is 39.6 Å². The van der Waals surface area contributed by atoms with Crippen molar-refractivity contribution in [3.63, 3.8) is 0 Å². The van der Waals surface area contributed by atoms with Crippen molar-refractivity contribution in [2.75, 3.05) is 0 Å². The van der Waals surface area contributed by atoms with E-state index < -0.39 is 0 Å². The van der Waals surface area contributed by atoms with Crippen LogP contribution in [0, 0.1) is 0 Å². The summed E-state index contributed by atoms with van der Waals surface area (Å²) in [5.41, 5.74) is 7.34. The van der Waals surface area contributed by atoms with Gasteiger partial charge in [0.25, 0.3) is 0 Å². The second kappa shape index (κ2) is 6.63. The van der Waals surface area contributed by atoms with E-state index in [2.05, 4.69) is 33.4 Å². The van der Waals surface area contributed by atoms with Crippen LogP contribution in [-0.4, -0.2) is 19.9 Å². The number of nitrogens with zero attached hydrogens (tertiary/aromatic N) is 1. The molecule has 0 spiro atoms. The fourth-order valence-corrected chi connectivity index (χ4v) is 3.78. The molecule has 1 aliphatic heterocycles. The molecule has 5 heterocycles. The molecule has 0 fully saturated rings. The van der Waals surface area contributed by atoms with Gasteiger partial charge in [0.2, 0.25) is 5.43 Å². The van der Waals surface area contributed by atoms with Crippen molar-refractivity contribution in [3.05, 3.63) is 81.8 Å². The van der Waals surface area contributed by atoms with E-state index >= 15 is 0 Å².